The Bertz CT molecular complexity index is 919. The van der Waals surface area contributed by atoms with Gasteiger partial charge in [-0.2, -0.15) is 0 Å². The van der Waals surface area contributed by atoms with Gasteiger partial charge < -0.3 is 21.3 Å². The van der Waals surface area contributed by atoms with E-state index in [9.17, 15) is 14.4 Å². The van der Waals surface area contributed by atoms with Crippen LogP contribution < -0.4 is 21.3 Å². The molecule has 0 bridgehead atoms. The minimum Gasteiger partial charge on any atom is -0.376 e. The number of hydrogen-bond acceptors (Lipinski definition) is 4. The largest absolute Gasteiger partial charge is 0.376 e. The molecule has 4 N–H and O–H groups in total. The average molecular weight is 425 g/mol. The molecule has 7 nitrogen and oxygen atoms in total. The molecule has 7 heteroatoms. The minimum atomic E-state index is -0.332. The number of carbonyl (C=O) groups is 3. The maximum absolute atomic E-state index is 12.3. The second-order valence-electron chi connectivity index (χ2n) is 8.38. The zero-order valence-electron chi connectivity index (χ0n) is 18.7. The second-order valence-corrected chi connectivity index (χ2v) is 8.38. The summed E-state index contributed by atoms with van der Waals surface area (Å²) in [5.74, 6) is -0.587. The lowest BCUT2D eigenvalue weighted by molar-refractivity contribution is -0.114. The molecule has 0 heterocycles. The Morgan fingerprint density at radius 3 is 2.13 bits per heavy atom. The van der Waals surface area contributed by atoms with Gasteiger partial charge >= 0.3 is 0 Å². The SMILES string of the molecule is CCCCNC(=O)c1cccc(NC(=O)CNc2cccc(C(=O)NC(C)(C)C)c2)c1. The van der Waals surface area contributed by atoms with Crippen molar-refractivity contribution >= 4 is 29.1 Å². The third kappa shape index (κ3) is 8.50. The first-order valence-corrected chi connectivity index (χ1v) is 10.5. The van der Waals surface area contributed by atoms with Crippen LogP contribution in [0.2, 0.25) is 0 Å². The smallest absolute Gasteiger partial charge is 0.251 e. The topological polar surface area (TPSA) is 99.3 Å². The van der Waals surface area contributed by atoms with E-state index in [1.165, 1.54) is 0 Å². The predicted octanol–water partition coefficient (Wildman–Crippen LogP) is 3.80. The van der Waals surface area contributed by atoms with Crippen LogP contribution in [0, 0.1) is 0 Å². The third-order valence-electron chi connectivity index (χ3n) is 4.29. The van der Waals surface area contributed by atoms with Gasteiger partial charge in [0.15, 0.2) is 0 Å². The maximum Gasteiger partial charge on any atom is 0.251 e. The van der Waals surface area contributed by atoms with Gasteiger partial charge in [0.2, 0.25) is 5.91 Å². The first-order valence-electron chi connectivity index (χ1n) is 10.5. The van der Waals surface area contributed by atoms with Gasteiger partial charge in [-0.1, -0.05) is 25.5 Å². The van der Waals surface area contributed by atoms with Crippen LogP contribution in [0.25, 0.3) is 0 Å². The molecule has 0 radical (unpaired) electrons. The summed E-state index contributed by atoms with van der Waals surface area (Å²) in [7, 11) is 0. The lowest BCUT2D eigenvalue weighted by atomic mass is 10.1. The highest BCUT2D eigenvalue weighted by Gasteiger charge is 2.15. The van der Waals surface area contributed by atoms with E-state index in [2.05, 4.69) is 28.2 Å². The van der Waals surface area contributed by atoms with Crippen LogP contribution in [0.15, 0.2) is 48.5 Å². The van der Waals surface area contributed by atoms with E-state index >= 15 is 0 Å². The molecule has 2 rings (SSSR count). The first-order chi connectivity index (χ1) is 14.7. The highest BCUT2D eigenvalue weighted by Crippen LogP contribution is 2.13. The molecule has 0 atom stereocenters. The number of rotatable bonds is 9. The lowest BCUT2D eigenvalue weighted by Gasteiger charge is -2.20. The van der Waals surface area contributed by atoms with Crippen molar-refractivity contribution in [3.63, 3.8) is 0 Å². The highest BCUT2D eigenvalue weighted by molar-refractivity contribution is 5.98. The molecule has 166 valence electrons. The molecule has 2 aromatic carbocycles. The van der Waals surface area contributed by atoms with Crippen molar-refractivity contribution < 1.29 is 14.4 Å². The summed E-state index contributed by atoms with van der Waals surface area (Å²) in [6.45, 7) is 8.47. The number of amides is 3. The number of hydrogen-bond donors (Lipinski definition) is 4. The fourth-order valence-electron chi connectivity index (χ4n) is 2.79. The second kappa shape index (κ2) is 11.2. The quantitative estimate of drug-likeness (QED) is 0.460. The molecule has 0 aliphatic rings. The summed E-state index contributed by atoms with van der Waals surface area (Å²) < 4.78 is 0. The van der Waals surface area contributed by atoms with Gasteiger partial charge in [0.25, 0.3) is 11.8 Å². The van der Waals surface area contributed by atoms with Crippen LogP contribution in [-0.2, 0) is 4.79 Å². The Hall–Kier alpha value is -3.35. The van der Waals surface area contributed by atoms with Crippen LogP contribution in [-0.4, -0.2) is 36.3 Å². The summed E-state index contributed by atoms with van der Waals surface area (Å²) in [6.07, 6.45) is 1.93. The Kier molecular flexibility index (Phi) is 8.61. The van der Waals surface area contributed by atoms with Crippen molar-refractivity contribution in [2.24, 2.45) is 0 Å². The van der Waals surface area contributed by atoms with Gasteiger partial charge in [0, 0.05) is 34.6 Å². The predicted molar refractivity (Wildman–Crippen MR) is 124 cm³/mol. The highest BCUT2D eigenvalue weighted by atomic mass is 16.2. The molecule has 0 aliphatic carbocycles. The van der Waals surface area contributed by atoms with Gasteiger partial charge in [-0.05, 0) is 63.6 Å². The summed E-state index contributed by atoms with van der Waals surface area (Å²) >= 11 is 0. The van der Waals surface area contributed by atoms with E-state index in [0.717, 1.165) is 12.8 Å². The Labute approximate surface area is 184 Å². The maximum atomic E-state index is 12.3. The van der Waals surface area contributed by atoms with Crippen LogP contribution in [0.3, 0.4) is 0 Å². The summed E-state index contributed by atoms with van der Waals surface area (Å²) in [4.78, 5) is 36.8. The van der Waals surface area contributed by atoms with Crippen LogP contribution >= 0.6 is 0 Å². The van der Waals surface area contributed by atoms with Crippen LogP contribution in [0.4, 0.5) is 11.4 Å². The van der Waals surface area contributed by atoms with Crippen molar-refractivity contribution in [3.8, 4) is 0 Å². The van der Waals surface area contributed by atoms with Gasteiger partial charge in [-0.3, -0.25) is 14.4 Å². The molecule has 0 aliphatic heterocycles. The molecule has 0 spiro atoms. The van der Waals surface area contributed by atoms with Gasteiger partial charge in [0.1, 0.15) is 0 Å². The Morgan fingerprint density at radius 1 is 0.871 bits per heavy atom. The number of carbonyl (C=O) groups excluding carboxylic acids is 3. The van der Waals surface area contributed by atoms with E-state index in [1.54, 1.807) is 48.5 Å². The van der Waals surface area contributed by atoms with Crippen LogP contribution in [0.5, 0.6) is 0 Å². The Balaban J connectivity index is 1.91. The fourth-order valence-corrected chi connectivity index (χ4v) is 2.79. The lowest BCUT2D eigenvalue weighted by Crippen LogP contribution is -2.40. The van der Waals surface area contributed by atoms with Gasteiger partial charge in [0.05, 0.1) is 6.54 Å². The molecule has 0 saturated heterocycles. The third-order valence-corrected chi connectivity index (χ3v) is 4.29. The molecule has 0 aromatic heterocycles. The number of unbranched alkanes of at least 4 members (excludes halogenated alkanes) is 1. The molecule has 0 saturated carbocycles. The van der Waals surface area contributed by atoms with E-state index in [-0.39, 0.29) is 29.8 Å². The van der Waals surface area contributed by atoms with Crippen molar-refractivity contribution in [2.75, 3.05) is 23.7 Å². The van der Waals surface area contributed by atoms with E-state index in [0.29, 0.717) is 29.0 Å². The van der Waals surface area contributed by atoms with Gasteiger partial charge in [-0.25, -0.2) is 0 Å². The standard InChI is InChI=1S/C24H32N4O3/c1-5-6-13-25-22(30)17-9-8-12-20(15-17)27-21(29)16-26-19-11-7-10-18(14-19)23(31)28-24(2,3)4/h7-12,14-15,26H,5-6,13,16H2,1-4H3,(H,25,30)(H,27,29)(H,28,31). The summed E-state index contributed by atoms with van der Waals surface area (Å²) in [6, 6.07) is 13.8. The van der Waals surface area contributed by atoms with Crippen molar-refractivity contribution in [2.45, 2.75) is 46.1 Å². The van der Waals surface area contributed by atoms with E-state index in [1.807, 2.05) is 20.8 Å². The molecule has 31 heavy (non-hydrogen) atoms. The van der Waals surface area contributed by atoms with Crippen molar-refractivity contribution in [3.05, 3.63) is 59.7 Å². The fraction of sp³-hybridized carbons (Fsp3) is 0.375. The first kappa shape index (κ1) is 23.9. The molecule has 3 amide bonds. The number of benzene rings is 2. The minimum absolute atomic E-state index is 0.0251. The van der Waals surface area contributed by atoms with Gasteiger partial charge in [-0.15, -0.1) is 0 Å². The summed E-state index contributed by atoms with van der Waals surface area (Å²) in [5.41, 5.74) is 1.90. The molecule has 0 unspecified atom stereocenters. The van der Waals surface area contributed by atoms with E-state index in [4.69, 9.17) is 0 Å². The van der Waals surface area contributed by atoms with E-state index < -0.39 is 0 Å². The zero-order chi connectivity index (χ0) is 22.9. The summed E-state index contributed by atoms with van der Waals surface area (Å²) in [5, 5.41) is 11.6. The Morgan fingerprint density at radius 2 is 1.48 bits per heavy atom. The van der Waals surface area contributed by atoms with Crippen molar-refractivity contribution in [1.82, 2.24) is 10.6 Å². The van der Waals surface area contributed by atoms with Crippen LogP contribution in [0.1, 0.15) is 61.3 Å². The molecule has 0 fully saturated rings. The monoisotopic (exact) mass is 424 g/mol. The number of anilines is 2. The average Bonchev–Trinajstić information content (AvgIpc) is 2.71. The normalized spacial score (nSPS) is 10.8. The molecular formula is C24H32N4O3. The zero-order valence-corrected chi connectivity index (χ0v) is 18.7. The van der Waals surface area contributed by atoms with Crippen molar-refractivity contribution in [1.29, 1.82) is 0 Å². The number of nitrogens with one attached hydrogen (secondary N) is 4. The molecular weight excluding hydrogens is 392 g/mol. The molecule has 2 aromatic rings.